The Morgan fingerprint density at radius 1 is 1.21 bits per heavy atom. The van der Waals surface area contributed by atoms with E-state index >= 15 is 0 Å². The quantitative estimate of drug-likeness (QED) is 0.473. The molecule has 14 heavy (non-hydrogen) atoms. The molecule has 0 atom stereocenters. The molecule has 1 aliphatic rings. The zero-order valence-electron chi connectivity index (χ0n) is 7.91. The number of rotatable bonds is 5. The van der Waals surface area contributed by atoms with Crippen LogP contribution >= 0.6 is 22.6 Å². The fraction of sp³-hybridized carbons (Fsp3) is 0.455. The monoisotopic (exact) mass is 304 g/mol. The second kappa shape index (κ2) is 4.98. The lowest BCUT2D eigenvalue weighted by Crippen LogP contribution is -2.04. The Labute approximate surface area is 97.7 Å². The van der Waals surface area contributed by atoms with Crippen molar-refractivity contribution >= 4 is 22.6 Å². The maximum absolute atomic E-state index is 5.41. The molecular formula is C11H13IO2. The van der Waals surface area contributed by atoms with Gasteiger partial charge in [-0.1, -0.05) is 0 Å². The lowest BCUT2D eigenvalue weighted by Gasteiger charge is -2.06. The van der Waals surface area contributed by atoms with Crippen molar-refractivity contribution in [3.05, 3.63) is 27.8 Å². The molecule has 1 saturated carbocycles. The molecule has 1 fully saturated rings. The van der Waals surface area contributed by atoms with Crippen LogP contribution in [0.4, 0.5) is 0 Å². The van der Waals surface area contributed by atoms with Crippen molar-refractivity contribution in [3.8, 4) is 5.75 Å². The molecule has 0 saturated heterocycles. The predicted molar refractivity (Wildman–Crippen MR) is 63.3 cm³/mol. The van der Waals surface area contributed by atoms with E-state index in [0.29, 0.717) is 6.79 Å². The minimum Gasteiger partial charge on any atom is -0.468 e. The lowest BCUT2D eigenvalue weighted by molar-refractivity contribution is 0.00998. The Balaban J connectivity index is 1.66. The van der Waals surface area contributed by atoms with Crippen LogP contribution in [0, 0.1) is 9.49 Å². The highest BCUT2D eigenvalue weighted by atomic mass is 127. The van der Waals surface area contributed by atoms with Gasteiger partial charge in [0.1, 0.15) is 5.75 Å². The molecule has 3 heteroatoms. The smallest absolute Gasteiger partial charge is 0.189 e. The van der Waals surface area contributed by atoms with Gasteiger partial charge in [-0.25, -0.2) is 0 Å². The van der Waals surface area contributed by atoms with E-state index in [1.807, 2.05) is 24.3 Å². The third-order valence-electron chi connectivity index (χ3n) is 2.17. The molecule has 0 aliphatic heterocycles. The van der Waals surface area contributed by atoms with Gasteiger partial charge in [0.15, 0.2) is 6.79 Å². The zero-order valence-corrected chi connectivity index (χ0v) is 10.1. The SMILES string of the molecule is Ic1ccc(OCOCC2CC2)cc1. The normalized spacial score (nSPS) is 15.5. The van der Waals surface area contributed by atoms with Crippen molar-refractivity contribution < 1.29 is 9.47 Å². The van der Waals surface area contributed by atoms with Gasteiger partial charge < -0.3 is 9.47 Å². The molecule has 0 unspecified atom stereocenters. The molecule has 0 bridgehead atoms. The average Bonchev–Trinajstić information content (AvgIpc) is 2.99. The third kappa shape index (κ3) is 3.46. The molecule has 0 spiro atoms. The van der Waals surface area contributed by atoms with Crippen LogP contribution in [-0.2, 0) is 4.74 Å². The minimum atomic E-state index is 0.372. The van der Waals surface area contributed by atoms with Crippen LogP contribution in [0.5, 0.6) is 5.75 Å². The second-order valence-electron chi connectivity index (χ2n) is 3.53. The number of ether oxygens (including phenoxy) is 2. The Morgan fingerprint density at radius 3 is 2.57 bits per heavy atom. The molecule has 0 radical (unpaired) electrons. The number of hydrogen-bond donors (Lipinski definition) is 0. The first-order valence-corrected chi connectivity index (χ1v) is 5.88. The highest BCUT2D eigenvalue weighted by molar-refractivity contribution is 14.1. The first kappa shape index (κ1) is 10.2. The van der Waals surface area contributed by atoms with E-state index in [0.717, 1.165) is 18.3 Å². The van der Waals surface area contributed by atoms with E-state index < -0.39 is 0 Å². The summed E-state index contributed by atoms with van der Waals surface area (Å²) in [5.41, 5.74) is 0. The molecule has 1 aromatic carbocycles. The Hall–Kier alpha value is -0.290. The van der Waals surface area contributed by atoms with Gasteiger partial charge in [0.05, 0.1) is 6.61 Å². The van der Waals surface area contributed by atoms with Crippen molar-refractivity contribution in [3.63, 3.8) is 0 Å². The fourth-order valence-corrected chi connectivity index (χ4v) is 1.50. The van der Waals surface area contributed by atoms with E-state index in [1.54, 1.807) is 0 Å². The molecule has 0 N–H and O–H groups in total. The molecule has 76 valence electrons. The minimum absolute atomic E-state index is 0.372. The number of halogens is 1. The number of benzene rings is 1. The van der Waals surface area contributed by atoms with Gasteiger partial charge in [0.2, 0.25) is 0 Å². The third-order valence-corrected chi connectivity index (χ3v) is 2.89. The standard InChI is InChI=1S/C11H13IO2/c12-10-3-5-11(6-4-10)14-8-13-7-9-1-2-9/h3-6,9H,1-2,7-8H2. The molecule has 0 aromatic heterocycles. The van der Waals surface area contributed by atoms with Crippen LogP contribution < -0.4 is 4.74 Å². The molecule has 0 amide bonds. The van der Waals surface area contributed by atoms with Gasteiger partial charge in [0.25, 0.3) is 0 Å². The molecular weight excluding hydrogens is 291 g/mol. The van der Waals surface area contributed by atoms with Gasteiger partial charge in [-0.15, -0.1) is 0 Å². The van der Waals surface area contributed by atoms with Crippen LogP contribution in [0.2, 0.25) is 0 Å². The second-order valence-corrected chi connectivity index (χ2v) is 4.78. The van der Waals surface area contributed by atoms with Gasteiger partial charge in [-0.2, -0.15) is 0 Å². The van der Waals surface area contributed by atoms with E-state index in [1.165, 1.54) is 16.4 Å². The molecule has 0 heterocycles. The maximum atomic E-state index is 5.41. The molecule has 1 aliphatic carbocycles. The van der Waals surface area contributed by atoms with Gasteiger partial charge in [-0.05, 0) is 65.6 Å². The summed E-state index contributed by atoms with van der Waals surface area (Å²) in [5, 5.41) is 0. The highest BCUT2D eigenvalue weighted by Gasteiger charge is 2.20. The zero-order chi connectivity index (χ0) is 9.80. The Morgan fingerprint density at radius 2 is 1.93 bits per heavy atom. The summed E-state index contributed by atoms with van der Waals surface area (Å²) in [7, 11) is 0. The van der Waals surface area contributed by atoms with Crippen LogP contribution in [0.15, 0.2) is 24.3 Å². The average molecular weight is 304 g/mol. The van der Waals surface area contributed by atoms with Gasteiger partial charge >= 0.3 is 0 Å². The Bertz CT molecular complexity index is 280. The summed E-state index contributed by atoms with van der Waals surface area (Å²) in [6.07, 6.45) is 2.65. The van der Waals surface area contributed by atoms with Gasteiger partial charge in [-0.3, -0.25) is 0 Å². The molecule has 1 aromatic rings. The summed E-state index contributed by atoms with van der Waals surface area (Å²) in [6.45, 7) is 1.22. The number of hydrogen-bond acceptors (Lipinski definition) is 2. The molecule has 2 rings (SSSR count). The van der Waals surface area contributed by atoms with E-state index in [-0.39, 0.29) is 0 Å². The first-order chi connectivity index (χ1) is 6.84. The Kier molecular flexibility index (Phi) is 3.64. The van der Waals surface area contributed by atoms with Crippen LogP contribution in [-0.4, -0.2) is 13.4 Å². The van der Waals surface area contributed by atoms with E-state index in [2.05, 4.69) is 22.6 Å². The lowest BCUT2D eigenvalue weighted by atomic mass is 10.3. The summed E-state index contributed by atoms with van der Waals surface area (Å²) < 4.78 is 12.0. The van der Waals surface area contributed by atoms with Crippen LogP contribution in [0.1, 0.15) is 12.8 Å². The van der Waals surface area contributed by atoms with Crippen LogP contribution in [0.3, 0.4) is 0 Å². The maximum Gasteiger partial charge on any atom is 0.189 e. The van der Waals surface area contributed by atoms with Crippen molar-refractivity contribution in [2.24, 2.45) is 5.92 Å². The van der Waals surface area contributed by atoms with Crippen LogP contribution in [0.25, 0.3) is 0 Å². The predicted octanol–water partition coefficient (Wildman–Crippen LogP) is 3.05. The highest BCUT2D eigenvalue weighted by Crippen LogP contribution is 2.28. The van der Waals surface area contributed by atoms with Crippen molar-refractivity contribution in [1.29, 1.82) is 0 Å². The summed E-state index contributed by atoms with van der Waals surface area (Å²) in [5.74, 6) is 1.68. The molecule has 2 nitrogen and oxygen atoms in total. The van der Waals surface area contributed by atoms with Crippen molar-refractivity contribution in [2.75, 3.05) is 13.4 Å². The van der Waals surface area contributed by atoms with E-state index in [9.17, 15) is 0 Å². The summed E-state index contributed by atoms with van der Waals surface area (Å²) in [4.78, 5) is 0. The largest absolute Gasteiger partial charge is 0.468 e. The first-order valence-electron chi connectivity index (χ1n) is 4.81. The topological polar surface area (TPSA) is 18.5 Å². The van der Waals surface area contributed by atoms with Crippen molar-refractivity contribution in [1.82, 2.24) is 0 Å². The summed E-state index contributed by atoms with van der Waals surface area (Å²) >= 11 is 2.27. The van der Waals surface area contributed by atoms with Crippen molar-refractivity contribution in [2.45, 2.75) is 12.8 Å². The fourth-order valence-electron chi connectivity index (χ4n) is 1.14. The summed E-state index contributed by atoms with van der Waals surface area (Å²) in [6, 6.07) is 7.97. The van der Waals surface area contributed by atoms with E-state index in [4.69, 9.17) is 9.47 Å². The van der Waals surface area contributed by atoms with Gasteiger partial charge in [0, 0.05) is 3.57 Å².